The fourth-order valence-electron chi connectivity index (χ4n) is 2.51. The summed E-state index contributed by atoms with van der Waals surface area (Å²) in [5.41, 5.74) is 0.291. The molecule has 3 aromatic rings. The highest BCUT2D eigenvalue weighted by Gasteiger charge is 2.27. The minimum atomic E-state index is -3.85. The third-order valence-electron chi connectivity index (χ3n) is 3.83. The first-order valence-electron chi connectivity index (χ1n) is 8.33. The lowest BCUT2D eigenvalue weighted by Gasteiger charge is -2.20. The first-order chi connectivity index (χ1) is 13.0. The van der Waals surface area contributed by atoms with Crippen molar-refractivity contribution in [3.8, 4) is 0 Å². The van der Waals surface area contributed by atoms with E-state index in [2.05, 4.69) is 0 Å². The number of nitrogens with zero attached hydrogens (tertiary/aromatic N) is 1. The number of furan rings is 2. The van der Waals surface area contributed by atoms with Crippen LogP contribution in [0.15, 0.2) is 74.8 Å². The molecule has 0 aliphatic carbocycles. The number of rotatable bonds is 8. The first-order valence-corrected chi connectivity index (χ1v) is 9.77. The highest BCUT2D eigenvalue weighted by molar-refractivity contribution is 7.89. The molecule has 0 saturated heterocycles. The minimum absolute atomic E-state index is 0.0513. The largest absolute Gasteiger partial charge is 0.468 e. The number of carbonyl (C=O) groups excluding carboxylic acids is 1. The van der Waals surface area contributed by atoms with Crippen LogP contribution in [-0.4, -0.2) is 25.3 Å². The summed E-state index contributed by atoms with van der Waals surface area (Å²) < 4.78 is 43.0. The molecule has 0 amide bonds. The van der Waals surface area contributed by atoms with Crippen molar-refractivity contribution in [3.63, 3.8) is 0 Å². The summed E-state index contributed by atoms with van der Waals surface area (Å²) in [5, 5.41) is 0. The molecule has 0 fully saturated rings. The molecule has 0 bridgehead atoms. The van der Waals surface area contributed by atoms with E-state index < -0.39 is 16.0 Å². The van der Waals surface area contributed by atoms with Crippen LogP contribution in [0.5, 0.6) is 0 Å². The molecular formula is C19H19NO6S. The number of sulfonamides is 1. The van der Waals surface area contributed by atoms with Gasteiger partial charge in [0, 0.05) is 0 Å². The molecule has 0 unspecified atom stereocenters. The lowest BCUT2D eigenvalue weighted by atomic mass is 10.2. The average molecular weight is 389 g/mol. The molecule has 1 aromatic carbocycles. The van der Waals surface area contributed by atoms with Crippen molar-refractivity contribution >= 4 is 16.0 Å². The minimum Gasteiger partial charge on any atom is -0.468 e. The molecule has 0 spiro atoms. The fraction of sp³-hybridized carbons (Fsp3) is 0.211. The van der Waals surface area contributed by atoms with Gasteiger partial charge in [-0.25, -0.2) is 13.2 Å². The van der Waals surface area contributed by atoms with Gasteiger partial charge in [0.15, 0.2) is 0 Å². The van der Waals surface area contributed by atoms with E-state index in [1.165, 1.54) is 41.1 Å². The number of benzene rings is 1. The number of ether oxygens (including phenoxy) is 1. The highest BCUT2D eigenvalue weighted by atomic mass is 32.2. The number of esters is 1. The van der Waals surface area contributed by atoms with Crippen LogP contribution in [0.25, 0.3) is 0 Å². The molecule has 7 nitrogen and oxygen atoms in total. The summed E-state index contributed by atoms with van der Waals surface area (Å²) >= 11 is 0. The monoisotopic (exact) mass is 389 g/mol. The molecule has 0 saturated carbocycles. The molecule has 2 aromatic heterocycles. The van der Waals surface area contributed by atoms with Crippen LogP contribution in [0.1, 0.15) is 28.8 Å². The average Bonchev–Trinajstić information content (AvgIpc) is 3.35. The zero-order valence-electron chi connectivity index (χ0n) is 14.7. The number of carbonyl (C=O) groups is 1. The smallest absolute Gasteiger partial charge is 0.338 e. The lowest BCUT2D eigenvalue weighted by Crippen LogP contribution is -2.30. The van der Waals surface area contributed by atoms with E-state index in [-0.39, 0.29) is 24.6 Å². The Morgan fingerprint density at radius 1 is 0.963 bits per heavy atom. The van der Waals surface area contributed by atoms with E-state index in [4.69, 9.17) is 13.6 Å². The van der Waals surface area contributed by atoms with Crippen molar-refractivity contribution < 1.29 is 26.8 Å². The van der Waals surface area contributed by atoms with Gasteiger partial charge in [-0.15, -0.1) is 0 Å². The van der Waals surface area contributed by atoms with Gasteiger partial charge in [-0.05, 0) is 55.5 Å². The maximum Gasteiger partial charge on any atom is 0.338 e. The molecule has 0 atom stereocenters. The molecule has 0 aliphatic rings. The normalized spacial score (nSPS) is 11.6. The SMILES string of the molecule is CCOC(=O)c1ccc(S(=O)(=O)N(Cc2ccco2)Cc2ccco2)cc1. The predicted octanol–water partition coefficient (Wildman–Crippen LogP) is 3.44. The number of hydrogen-bond donors (Lipinski definition) is 0. The van der Waals surface area contributed by atoms with E-state index in [0.29, 0.717) is 17.1 Å². The van der Waals surface area contributed by atoms with Gasteiger partial charge in [0.2, 0.25) is 10.0 Å². The Labute approximate surface area is 157 Å². The molecule has 0 aliphatic heterocycles. The van der Waals surface area contributed by atoms with Gasteiger partial charge >= 0.3 is 5.97 Å². The molecule has 8 heteroatoms. The van der Waals surface area contributed by atoms with Crippen molar-refractivity contribution in [2.75, 3.05) is 6.61 Å². The van der Waals surface area contributed by atoms with Gasteiger partial charge in [0.05, 0.1) is 42.7 Å². The fourth-order valence-corrected chi connectivity index (χ4v) is 3.88. The second-order valence-electron chi connectivity index (χ2n) is 5.68. The molecule has 2 heterocycles. The van der Waals surface area contributed by atoms with E-state index >= 15 is 0 Å². The molecular weight excluding hydrogens is 370 g/mol. The van der Waals surface area contributed by atoms with Crippen LogP contribution in [0.3, 0.4) is 0 Å². The van der Waals surface area contributed by atoms with Gasteiger partial charge in [-0.2, -0.15) is 4.31 Å². The van der Waals surface area contributed by atoms with E-state index in [9.17, 15) is 13.2 Å². The molecule has 0 N–H and O–H groups in total. The molecule has 0 radical (unpaired) electrons. The predicted molar refractivity (Wildman–Crippen MR) is 96.2 cm³/mol. The lowest BCUT2D eigenvalue weighted by molar-refractivity contribution is 0.0526. The van der Waals surface area contributed by atoms with Gasteiger partial charge in [0.25, 0.3) is 0 Å². The van der Waals surface area contributed by atoms with Crippen LogP contribution < -0.4 is 0 Å². The summed E-state index contributed by atoms with van der Waals surface area (Å²) in [7, 11) is -3.85. The van der Waals surface area contributed by atoms with Gasteiger partial charge in [-0.1, -0.05) is 0 Å². The van der Waals surface area contributed by atoms with Crippen molar-refractivity contribution in [1.29, 1.82) is 0 Å². The van der Waals surface area contributed by atoms with E-state index in [1.54, 1.807) is 31.2 Å². The van der Waals surface area contributed by atoms with E-state index in [1.807, 2.05) is 0 Å². The third-order valence-corrected chi connectivity index (χ3v) is 5.63. The number of hydrogen-bond acceptors (Lipinski definition) is 6. The Hall–Kier alpha value is -2.84. The Kier molecular flexibility index (Phi) is 5.78. The Balaban J connectivity index is 1.88. The standard InChI is InChI=1S/C19H19NO6S/c1-2-24-19(21)15-7-9-18(10-8-15)27(22,23)20(13-16-5-3-11-25-16)14-17-6-4-12-26-17/h3-12H,2,13-14H2,1H3. The van der Waals surface area contributed by atoms with Crippen molar-refractivity contribution in [3.05, 3.63) is 78.1 Å². The van der Waals surface area contributed by atoms with Gasteiger partial charge < -0.3 is 13.6 Å². The third kappa shape index (κ3) is 4.47. The maximum atomic E-state index is 13.1. The zero-order valence-corrected chi connectivity index (χ0v) is 15.5. The van der Waals surface area contributed by atoms with Crippen molar-refractivity contribution in [2.24, 2.45) is 0 Å². The summed E-state index contributed by atoms with van der Waals surface area (Å²) in [6.07, 6.45) is 2.97. The summed E-state index contributed by atoms with van der Waals surface area (Å²) in [6.45, 7) is 2.06. The Morgan fingerprint density at radius 3 is 1.96 bits per heavy atom. The zero-order chi connectivity index (χ0) is 19.3. The van der Waals surface area contributed by atoms with Crippen molar-refractivity contribution in [1.82, 2.24) is 4.31 Å². The van der Waals surface area contributed by atoms with Gasteiger partial charge in [0.1, 0.15) is 11.5 Å². The van der Waals surface area contributed by atoms with Crippen LogP contribution in [0.2, 0.25) is 0 Å². The summed E-state index contributed by atoms with van der Waals surface area (Å²) in [5.74, 6) is 0.519. The molecule has 3 rings (SSSR count). The Bertz CT molecular complexity index is 924. The van der Waals surface area contributed by atoms with Crippen LogP contribution in [0, 0.1) is 0 Å². The van der Waals surface area contributed by atoms with Crippen LogP contribution in [-0.2, 0) is 27.8 Å². The van der Waals surface area contributed by atoms with Gasteiger partial charge in [-0.3, -0.25) is 0 Å². The molecule has 27 heavy (non-hydrogen) atoms. The Morgan fingerprint density at radius 2 is 1.52 bits per heavy atom. The first kappa shape index (κ1) is 18.9. The second kappa shape index (κ2) is 8.24. The topological polar surface area (TPSA) is 90.0 Å². The van der Waals surface area contributed by atoms with Crippen LogP contribution >= 0.6 is 0 Å². The summed E-state index contributed by atoms with van der Waals surface area (Å²) in [4.78, 5) is 11.8. The van der Waals surface area contributed by atoms with E-state index in [0.717, 1.165) is 0 Å². The summed E-state index contributed by atoms with van der Waals surface area (Å²) in [6, 6.07) is 12.4. The molecule has 142 valence electrons. The van der Waals surface area contributed by atoms with Crippen molar-refractivity contribution in [2.45, 2.75) is 24.9 Å². The quantitative estimate of drug-likeness (QED) is 0.548. The highest BCUT2D eigenvalue weighted by Crippen LogP contribution is 2.22. The maximum absolute atomic E-state index is 13.1. The van der Waals surface area contributed by atoms with Crippen LogP contribution in [0.4, 0.5) is 0 Å². The second-order valence-corrected chi connectivity index (χ2v) is 7.61.